The summed E-state index contributed by atoms with van der Waals surface area (Å²) in [5, 5.41) is 3.43. The van der Waals surface area contributed by atoms with Gasteiger partial charge in [-0.2, -0.15) is 0 Å². The molecule has 1 unspecified atom stereocenters. The van der Waals surface area contributed by atoms with Crippen molar-refractivity contribution in [2.24, 2.45) is 0 Å². The fourth-order valence-electron chi connectivity index (χ4n) is 2.17. The molecule has 1 atom stereocenters. The Bertz CT molecular complexity index is 626. The number of aromatic nitrogens is 1. The van der Waals surface area contributed by atoms with Gasteiger partial charge in [0, 0.05) is 19.6 Å². The van der Waals surface area contributed by atoms with Gasteiger partial charge in [0.1, 0.15) is 10.7 Å². The average Bonchev–Trinajstić information content (AvgIpc) is 2.79. The Morgan fingerprint density at radius 1 is 1.57 bits per heavy atom. The molecule has 0 aliphatic carbocycles. The number of nitrogens with one attached hydrogen (secondary N) is 1. The maximum atomic E-state index is 12.2. The van der Waals surface area contributed by atoms with E-state index in [1.807, 2.05) is 18.9 Å². The number of amides is 1. The van der Waals surface area contributed by atoms with Gasteiger partial charge in [-0.1, -0.05) is 11.3 Å². The molecule has 2 heterocycles. The van der Waals surface area contributed by atoms with Gasteiger partial charge in [-0.25, -0.2) is 13.4 Å². The lowest BCUT2D eigenvalue weighted by Gasteiger charge is -2.22. The van der Waals surface area contributed by atoms with E-state index in [4.69, 9.17) is 5.73 Å². The van der Waals surface area contributed by atoms with Gasteiger partial charge < -0.3 is 16.0 Å². The molecule has 0 saturated carbocycles. The molecule has 3 N–H and O–H groups in total. The predicted molar refractivity (Wildman–Crippen MR) is 84.6 cm³/mol. The first-order valence-electron chi connectivity index (χ1n) is 6.81. The van der Waals surface area contributed by atoms with Crippen molar-refractivity contribution in [3.8, 4) is 0 Å². The third-order valence-electron chi connectivity index (χ3n) is 3.45. The average molecular weight is 332 g/mol. The quantitative estimate of drug-likeness (QED) is 0.831. The van der Waals surface area contributed by atoms with Crippen LogP contribution >= 0.6 is 11.3 Å². The highest BCUT2D eigenvalue weighted by Crippen LogP contribution is 2.27. The molecular formula is C12H20N4O3S2. The van der Waals surface area contributed by atoms with E-state index in [-0.39, 0.29) is 29.3 Å². The predicted octanol–water partition coefficient (Wildman–Crippen LogP) is 0.488. The van der Waals surface area contributed by atoms with Gasteiger partial charge in [0.2, 0.25) is 0 Å². The number of rotatable bonds is 4. The second kappa shape index (κ2) is 6.18. The Kier molecular flexibility index (Phi) is 4.72. The minimum absolute atomic E-state index is 0.000825. The maximum absolute atomic E-state index is 12.2. The molecule has 1 fully saturated rings. The summed E-state index contributed by atoms with van der Waals surface area (Å²) in [7, 11) is -1.18. The number of nitrogens with two attached hydrogens (primary N) is 1. The van der Waals surface area contributed by atoms with Crippen LogP contribution in [0.15, 0.2) is 0 Å². The Hall–Kier alpha value is -1.35. The van der Waals surface area contributed by atoms with Crippen LogP contribution in [0, 0.1) is 0 Å². The Morgan fingerprint density at radius 3 is 2.90 bits per heavy atom. The second-order valence-corrected chi connectivity index (χ2v) is 8.36. The molecule has 1 aromatic heterocycles. The lowest BCUT2D eigenvalue weighted by atomic mass is 10.2. The van der Waals surface area contributed by atoms with Crippen molar-refractivity contribution in [3.63, 3.8) is 0 Å². The minimum Gasteiger partial charge on any atom is -0.382 e. The number of carbonyl (C=O) groups is 1. The SMILES string of the molecule is CCN(C)c1nc(N)c(C(=O)NC2CCCS(=O)(=O)C2)s1. The molecule has 1 aromatic rings. The van der Waals surface area contributed by atoms with Crippen molar-refractivity contribution in [3.05, 3.63) is 4.88 Å². The highest BCUT2D eigenvalue weighted by molar-refractivity contribution is 7.91. The van der Waals surface area contributed by atoms with Crippen LogP contribution in [-0.4, -0.2) is 50.4 Å². The number of nitrogens with zero attached hydrogens (tertiary/aromatic N) is 2. The van der Waals surface area contributed by atoms with Crippen LogP contribution in [-0.2, 0) is 9.84 Å². The normalized spacial score (nSPS) is 21.0. The van der Waals surface area contributed by atoms with Crippen molar-refractivity contribution < 1.29 is 13.2 Å². The Labute approximate surface area is 128 Å². The maximum Gasteiger partial charge on any atom is 0.265 e. The monoisotopic (exact) mass is 332 g/mol. The van der Waals surface area contributed by atoms with Gasteiger partial charge in [-0.3, -0.25) is 4.79 Å². The summed E-state index contributed by atoms with van der Waals surface area (Å²) in [6, 6.07) is -0.342. The zero-order valence-electron chi connectivity index (χ0n) is 12.1. The summed E-state index contributed by atoms with van der Waals surface area (Å²) in [4.78, 5) is 18.6. The van der Waals surface area contributed by atoms with Gasteiger partial charge in [0.05, 0.1) is 11.5 Å². The van der Waals surface area contributed by atoms with E-state index in [0.717, 1.165) is 6.54 Å². The van der Waals surface area contributed by atoms with Gasteiger partial charge in [-0.05, 0) is 19.8 Å². The van der Waals surface area contributed by atoms with Crippen molar-refractivity contribution in [1.82, 2.24) is 10.3 Å². The van der Waals surface area contributed by atoms with E-state index in [1.54, 1.807) is 0 Å². The van der Waals surface area contributed by atoms with Crippen LogP contribution in [0.5, 0.6) is 0 Å². The molecular weight excluding hydrogens is 312 g/mol. The van der Waals surface area contributed by atoms with Crippen molar-refractivity contribution in [2.75, 3.05) is 35.7 Å². The number of carbonyl (C=O) groups excluding carboxylic acids is 1. The number of sulfone groups is 1. The summed E-state index contributed by atoms with van der Waals surface area (Å²) in [6.07, 6.45) is 1.25. The summed E-state index contributed by atoms with van der Waals surface area (Å²) in [5.41, 5.74) is 5.79. The molecule has 0 aromatic carbocycles. The highest BCUT2D eigenvalue weighted by Gasteiger charge is 2.27. The first-order chi connectivity index (χ1) is 9.82. The molecule has 7 nitrogen and oxygen atoms in total. The molecule has 118 valence electrons. The summed E-state index contributed by atoms with van der Waals surface area (Å²) in [6.45, 7) is 2.74. The minimum atomic E-state index is -3.05. The molecule has 1 amide bonds. The van der Waals surface area contributed by atoms with E-state index in [2.05, 4.69) is 10.3 Å². The highest BCUT2D eigenvalue weighted by atomic mass is 32.2. The van der Waals surface area contributed by atoms with Crippen LogP contribution in [0.4, 0.5) is 10.9 Å². The zero-order valence-corrected chi connectivity index (χ0v) is 13.8. The van der Waals surface area contributed by atoms with E-state index >= 15 is 0 Å². The Morgan fingerprint density at radius 2 is 2.29 bits per heavy atom. The van der Waals surface area contributed by atoms with Crippen LogP contribution in [0.25, 0.3) is 0 Å². The van der Waals surface area contributed by atoms with Crippen LogP contribution < -0.4 is 16.0 Å². The first kappa shape index (κ1) is 16.0. The summed E-state index contributed by atoms with van der Waals surface area (Å²) >= 11 is 1.22. The molecule has 21 heavy (non-hydrogen) atoms. The standard InChI is InChI=1S/C12H20N4O3S2/c1-3-16(2)12-15-10(13)9(20-12)11(17)14-8-5-4-6-21(18,19)7-8/h8H,3-7,13H2,1-2H3,(H,14,17). The lowest BCUT2D eigenvalue weighted by molar-refractivity contribution is 0.0943. The molecule has 0 spiro atoms. The summed E-state index contributed by atoms with van der Waals surface area (Å²) < 4.78 is 23.2. The molecule has 1 aliphatic rings. The lowest BCUT2D eigenvalue weighted by Crippen LogP contribution is -2.43. The number of hydrogen-bond acceptors (Lipinski definition) is 7. The molecule has 1 saturated heterocycles. The molecule has 2 rings (SSSR count). The van der Waals surface area contributed by atoms with Gasteiger partial charge in [0.25, 0.3) is 5.91 Å². The number of nitrogen functional groups attached to an aromatic ring is 1. The largest absolute Gasteiger partial charge is 0.382 e. The molecule has 0 radical (unpaired) electrons. The number of hydrogen-bond donors (Lipinski definition) is 2. The Balaban J connectivity index is 2.08. The van der Waals surface area contributed by atoms with Crippen LogP contribution in [0.3, 0.4) is 0 Å². The molecule has 1 aliphatic heterocycles. The summed E-state index contributed by atoms with van der Waals surface area (Å²) in [5.74, 6) is 0.0430. The van der Waals surface area contributed by atoms with Crippen molar-refractivity contribution >= 4 is 38.0 Å². The zero-order chi connectivity index (χ0) is 15.6. The smallest absolute Gasteiger partial charge is 0.265 e. The van der Waals surface area contributed by atoms with Gasteiger partial charge in [0.15, 0.2) is 15.0 Å². The van der Waals surface area contributed by atoms with E-state index < -0.39 is 9.84 Å². The van der Waals surface area contributed by atoms with E-state index in [0.29, 0.717) is 22.9 Å². The number of thiazole rings is 1. The van der Waals surface area contributed by atoms with E-state index in [9.17, 15) is 13.2 Å². The number of anilines is 2. The van der Waals surface area contributed by atoms with Crippen molar-refractivity contribution in [1.29, 1.82) is 0 Å². The topological polar surface area (TPSA) is 105 Å². The fraction of sp³-hybridized carbons (Fsp3) is 0.667. The molecule has 0 bridgehead atoms. The van der Waals surface area contributed by atoms with Crippen LogP contribution in [0.1, 0.15) is 29.4 Å². The van der Waals surface area contributed by atoms with Gasteiger partial charge >= 0.3 is 0 Å². The first-order valence-corrected chi connectivity index (χ1v) is 9.45. The van der Waals surface area contributed by atoms with Crippen molar-refractivity contribution in [2.45, 2.75) is 25.8 Å². The fourth-order valence-corrected chi connectivity index (χ4v) is 4.72. The third-order valence-corrected chi connectivity index (χ3v) is 6.45. The van der Waals surface area contributed by atoms with Gasteiger partial charge in [-0.15, -0.1) is 0 Å². The second-order valence-electron chi connectivity index (χ2n) is 5.15. The molecule has 9 heteroatoms. The third kappa shape index (κ3) is 3.85. The van der Waals surface area contributed by atoms with Crippen LogP contribution in [0.2, 0.25) is 0 Å². The van der Waals surface area contributed by atoms with E-state index in [1.165, 1.54) is 11.3 Å².